The number of sulfone groups is 1. The first-order valence-electron chi connectivity index (χ1n) is 5.87. The normalized spacial score (nSPS) is 17.6. The van der Waals surface area contributed by atoms with E-state index in [1.165, 1.54) is 12.4 Å². The van der Waals surface area contributed by atoms with Gasteiger partial charge >= 0.3 is 0 Å². The number of fused-ring (bicyclic) bond motifs is 1. The van der Waals surface area contributed by atoms with Crippen molar-refractivity contribution in [2.24, 2.45) is 10.9 Å². The molecule has 106 valence electrons. The zero-order chi connectivity index (χ0) is 14.8. The summed E-state index contributed by atoms with van der Waals surface area (Å²) in [5, 5.41) is 2.42. The average Bonchev–Trinajstić information content (AvgIpc) is 2.38. The first-order chi connectivity index (χ1) is 9.38. The molecule has 8 heteroatoms. The molecule has 1 aliphatic rings. The van der Waals surface area contributed by atoms with Crippen LogP contribution in [0.1, 0.15) is 10.4 Å². The topological polar surface area (TPSA) is 106 Å². The molecule has 0 radical (unpaired) electrons. The third kappa shape index (κ3) is 3.27. The maximum absolute atomic E-state index is 12.1. The van der Waals surface area contributed by atoms with Gasteiger partial charge in [0.15, 0.2) is 11.6 Å². The van der Waals surface area contributed by atoms with E-state index in [2.05, 4.69) is 15.3 Å². The van der Waals surface area contributed by atoms with Crippen LogP contribution in [0.5, 0.6) is 0 Å². The first kappa shape index (κ1) is 14.3. The van der Waals surface area contributed by atoms with Gasteiger partial charge in [0, 0.05) is 25.2 Å². The Labute approximate surface area is 116 Å². The highest BCUT2D eigenvalue weighted by atomic mass is 32.2. The van der Waals surface area contributed by atoms with Gasteiger partial charge in [0.2, 0.25) is 5.91 Å². The number of nitrogens with zero attached hydrogens (tertiary/aromatic N) is 2. The van der Waals surface area contributed by atoms with Crippen molar-refractivity contribution in [3.8, 4) is 0 Å². The molecule has 0 saturated carbocycles. The van der Waals surface area contributed by atoms with Gasteiger partial charge in [-0.3, -0.25) is 9.59 Å². The van der Waals surface area contributed by atoms with Crippen molar-refractivity contribution in [1.82, 2.24) is 10.3 Å². The molecule has 1 aliphatic heterocycles. The lowest BCUT2D eigenvalue weighted by Gasteiger charge is -2.16. The highest BCUT2D eigenvalue weighted by Crippen LogP contribution is 2.23. The van der Waals surface area contributed by atoms with Crippen LogP contribution in [-0.2, 0) is 14.6 Å². The lowest BCUT2D eigenvalue weighted by Crippen LogP contribution is -2.39. The fraction of sp³-hybridized carbons (Fsp3) is 0.333. The van der Waals surface area contributed by atoms with E-state index >= 15 is 0 Å². The smallest absolute Gasteiger partial charge is 0.236 e. The highest BCUT2D eigenvalue weighted by molar-refractivity contribution is 7.90. The predicted molar refractivity (Wildman–Crippen MR) is 72.9 cm³/mol. The number of pyridine rings is 1. The van der Waals surface area contributed by atoms with Gasteiger partial charge in [-0.1, -0.05) is 0 Å². The molecule has 1 aromatic heterocycles. The summed E-state index contributed by atoms with van der Waals surface area (Å²) in [6.07, 6.45) is 3.82. The molecule has 0 spiro atoms. The molecule has 1 N–H and O–H groups in total. The number of aliphatic imine (C=N–C) groups is 1. The summed E-state index contributed by atoms with van der Waals surface area (Å²) in [7, 11) is -3.16. The highest BCUT2D eigenvalue weighted by Gasteiger charge is 2.30. The molecule has 1 aromatic rings. The van der Waals surface area contributed by atoms with Crippen molar-refractivity contribution in [1.29, 1.82) is 0 Å². The summed E-state index contributed by atoms with van der Waals surface area (Å²) in [6.45, 7) is -0.0326. The molecule has 0 aromatic carbocycles. The number of hydrogen-bond donors (Lipinski definition) is 1. The summed E-state index contributed by atoms with van der Waals surface area (Å²) in [6, 6.07) is 3.15. The molecule has 1 amide bonds. The van der Waals surface area contributed by atoms with Crippen LogP contribution in [0.3, 0.4) is 0 Å². The number of ketones is 1. The summed E-state index contributed by atoms with van der Waals surface area (Å²) >= 11 is 0. The lowest BCUT2D eigenvalue weighted by molar-refractivity contribution is -0.121. The maximum Gasteiger partial charge on any atom is 0.236 e. The number of rotatable bonds is 4. The number of carbonyl (C=O) groups is 2. The van der Waals surface area contributed by atoms with Gasteiger partial charge in [0.1, 0.15) is 15.8 Å². The molecular weight excluding hydrogens is 282 g/mol. The minimum absolute atomic E-state index is 0.0326. The van der Waals surface area contributed by atoms with Gasteiger partial charge in [0.25, 0.3) is 0 Å². The van der Waals surface area contributed by atoms with Crippen molar-refractivity contribution in [2.75, 3.05) is 18.6 Å². The van der Waals surface area contributed by atoms with Crippen LogP contribution in [0.25, 0.3) is 0 Å². The van der Waals surface area contributed by atoms with Crippen molar-refractivity contribution >= 4 is 33.6 Å². The van der Waals surface area contributed by atoms with Gasteiger partial charge < -0.3 is 5.32 Å². The van der Waals surface area contributed by atoms with E-state index in [9.17, 15) is 18.0 Å². The number of Topliss-reactive ketones (excluding diaryl/α,β-unsaturated/α-hetero) is 1. The number of amides is 1. The average molecular weight is 295 g/mol. The Balaban J connectivity index is 2.05. The Morgan fingerprint density at radius 1 is 1.45 bits per heavy atom. The minimum Gasteiger partial charge on any atom is -0.354 e. The van der Waals surface area contributed by atoms with E-state index in [4.69, 9.17) is 0 Å². The molecule has 20 heavy (non-hydrogen) atoms. The summed E-state index contributed by atoms with van der Waals surface area (Å²) < 4.78 is 21.9. The minimum atomic E-state index is -3.16. The predicted octanol–water partition coefficient (Wildman–Crippen LogP) is -0.243. The van der Waals surface area contributed by atoms with E-state index in [1.807, 2.05) is 0 Å². The standard InChI is InChI=1S/C12H13N3O4S/c1-20(18,19)6-5-14-12(17)9-7-15-11-8(10(9)16)3-2-4-13-11/h2-4,7,9H,5-6H2,1H3,(H,14,17). The molecule has 2 heterocycles. The molecule has 0 fully saturated rings. The van der Waals surface area contributed by atoms with Gasteiger partial charge in [-0.15, -0.1) is 0 Å². The second-order valence-electron chi connectivity index (χ2n) is 4.42. The van der Waals surface area contributed by atoms with Crippen LogP contribution in [-0.4, -0.2) is 49.9 Å². The van der Waals surface area contributed by atoms with Gasteiger partial charge in [-0.2, -0.15) is 0 Å². The molecule has 1 unspecified atom stereocenters. The van der Waals surface area contributed by atoms with Crippen molar-refractivity contribution in [3.63, 3.8) is 0 Å². The van der Waals surface area contributed by atoms with Crippen molar-refractivity contribution in [2.45, 2.75) is 0 Å². The Bertz CT molecular complexity index is 682. The number of hydrogen-bond acceptors (Lipinski definition) is 6. The van der Waals surface area contributed by atoms with E-state index < -0.39 is 21.7 Å². The molecule has 0 bridgehead atoms. The van der Waals surface area contributed by atoms with Crippen LogP contribution in [0.2, 0.25) is 0 Å². The van der Waals surface area contributed by atoms with Crippen LogP contribution in [0.4, 0.5) is 5.82 Å². The summed E-state index contributed by atoms with van der Waals surface area (Å²) in [5.74, 6) is -1.87. The third-order valence-corrected chi connectivity index (χ3v) is 3.68. The Morgan fingerprint density at radius 2 is 2.20 bits per heavy atom. The fourth-order valence-corrected chi connectivity index (χ4v) is 2.20. The van der Waals surface area contributed by atoms with Gasteiger partial charge in [-0.25, -0.2) is 18.4 Å². The largest absolute Gasteiger partial charge is 0.354 e. The molecule has 0 aliphatic carbocycles. The number of nitrogens with one attached hydrogen (secondary N) is 1. The van der Waals surface area contributed by atoms with Gasteiger partial charge in [-0.05, 0) is 12.1 Å². The van der Waals surface area contributed by atoms with Gasteiger partial charge in [0.05, 0.1) is 11.3 Å². The van der Waals surface area contributed by atoms with E-state index in [0.717, 1.165) is 6.26 Å². The summed E-state index contributed by atoms with van der Waals surface area (Å²) in [4.78, 5) is 31.9. The Morgan fingerprint density at radius 3 is 2.90 bits per heavy atom. The second kappa shape index (κ2) is 5.49. The van der Waals surface area contributed by atoms with E-state index in [1.54, 1.807) is 12.1 Å². The third-order valence-electron chi connectivity index (χ3n) is 2.74. The SMILES string of the molecule is CS(=O)(=O)CCNC(=O)C1C=Nc2ncccc2C1=O. The zero-order valence-electron chi connectivity index (χ0n) is 10.7. The first-order valence-corrected chi connectivity index (χ1v) is 7.93. The molecule has 2 rings (SSSR count). The van der Waals surface area contributed by atoms with Crippen molar-refractivity contribution < 1.29 is 18.0 Å². The van der Waals surface area contributed by atoms with E-state index in [0.29, 0.717) is 5.56 Å². The molecule has 7 nitrogen and oxygen atoms in total. The lowest BCUT2D eigenvalue weighted by atomic mass is 9.96. The second-order valence-corrected chi connectivity index (χ2v) is 6.68. The quantitative estimate of drug-likeness (QED) is 0.771. The van der Waals surface area contributed by atoms with Crippen LogP contribution in [0.15, 0.2) is 23.3 Å². The molecule has 1 atom stereocenters. The van der Waals surface area contributed by atoms with Crippen LogP contribution in [0, 0.1) is 5.92 Å². The van der Waals surface area contributed by atoms with Crippen LogP contribution < -0.4 is 5.32 Å². The Hall–Kier alpha value is -2.09. The van der Waals surface area contributed by atoms with E-state index in [-0.39, 0.29) is 23.9 Å². The Kier molecular flexibility index (Phi) is 3.93. The fourth-order valence-electron chi connectivity index (χ4n) is 1.73. The monoisotopic (exact) mass is 295 g/mol. The number of carbonyl (C=O) groups excluding carboxylic acids is 2. The van der Waals surface area contributed by atoms with Crippen LogP contribution >= 0.6 is 0 Å². The number of aromatic nitrogens is 1. The molecular formula is C12H13N3O4S. The maximum atomic E-state index is 12.1. The molecule has 0 saturated heterocycles. The zero-order valence-corrected chi connectivity index (χ0v) is 11.6. The van der Waals surface area contributed by atoms with Crippen molar-refractivity contribution in [3.05, 3.63) is 23.9 Å². The summed E-state index contributed by atoms with van der Waals surface area (Å²) in [5.41, 5.74) is 0.290.